The average molecular weight is 184 g/mol. The zero-order chi connectivity index (χ0) is 10.0. The molecule has 0 spiro atoms. The number of rotatable bonds is 3. The van der Waals surface area contributed by atoms with Gasteiger partial charge in [-0.3, -0.25) is 4.57 Å². The van der Waals surface area contributed by atoms with Crippen LogP contribution in [-0.4, -0.2) is 20.9 Å². The summed E-state index contributed by atoms with van der Waals surface area (Å²) in [4.78, 5) is 0. The van der Waals surface area contributed by atoms with E-state index < -0.39 is 0 Å². The van der Waals surface area contributed by atoms with Crippen molar-refractivity contribution in [1.82, 2.24) is 14.8 Å². The predicted molar refractivity (Wildman–Crippen MR) is 50.1 cm³/mol. The first-order chi connectivity index (χ1) is 6.02. The summed E-state index contributed by atoms with van der Waals surface area (Å²) in [6.45, 7) is 5.90. The Morgan fingerprint density at radius 2 is 1.92 bits per heavy atom. The second-order valence-electron chi connectivity index (χ2n) is 3.30. The first kappa shape index (κ1) is 9.98. The van der Waals surface area contributed by atoms with E-state index in [2.05, 4.69) is 10.2 Å². The first-order valence-electron chi connectivity index (χ1n) is 4.32. The largest absolute Gasteiger partial charge is 0.368 e. The Morgan fingerprint density at radius 1 is 1.31 bits per heavy atom. The van der Waals surface area contributed by atoms with Gasteiger partial charge in [-0.2, -0.15) is 0 Å². The highest BCUT2D eigenvalue weighted by Crippen LogP contribution is 2.16. The number of anilines is 1. The second-order valence-corrected chi connectivity index (χ2v) is 3.30. The van der Waals surface area contributed by atoms with Gasteiger partial charge in [-0.1, -0.05) is 0 Å². The van der Waals surface area contributed by atoms with Crippen LogP contribution in [-0.2, 0) is 11.8 Å². The van der Waals surface area contributed by atoms with E-state index in [9.17, 15) is 0 Å². The van der Waals surface area contributed by atoms with Crippen LogP contribution in [0.2, 0.25) is 0 Å². The van der Waals surface area contributed by atoms with E-state index in [0.29, 0.717) is 5.95 Å². The minimum atomic E-state index is -0.0743. The van der Waals surface area contributed by atoms with Gasteiger partial charge in [0, 0.05) is 7.05 Å². The minimum Gasteiger partial charge on any atom is -0.368 e. The highest BCUT2D eigenvalue weighted by Gasteiger charge is 2.15. The van der Waals surface area contributed by atoms with Gasteiger partial charge < -0.3 is 10.5 Å². The van der Waals surface area contributed by atoms with Gasteiger partial charge in [-0.25, -0.2) is 0 Å². The van der Waals surface area contributed by atoms with Crippen LogP contribution >= 0.6 is 0 Å². The summed E-state index contributed by atoms with van der Waals surface area (Å²) in [7, 11) is 1.82. The van der Waals surface area contributed by atoms with Crippen LogP contribution in [0.15, 0.2) is 0 Å². The van der Waals surface area contributed by atoms with Crippen molar-refractivity contribution in [2.24, 2.45) is 7.05 Å². The highest BCUT2D eigenvalue weighted by atomic mass is 16.5. The summed E-state index contributed by atoms with van der Waals surface area (Å²) in [6.07, 6.45) is 0.0997. The third kappa shape index (κ3) is 2.18. The number of hydrogen-bond donors (Lipinski definition) is 1. The number of ether oxygens (including phenoxy) is 1. The maximum Gasteiger partial charge on any atom is 0.221 e. The molecule has 0 aliphatic rings. The molecule has 1 heterocycles. The third-order valence-electron chi connectivity index (χ3n) is 1.78. The summed E-state index contributed by atoms with van der Waals surface area (Å²) in [5.74, 6) is 1.17. The lowest BCUT2D eigenvalue weighted by Gasteiger charge is -2.14. The molecule has 0 fully saturated rings. The van der Waals surface area contributed by atoms with Crippen molar-refractivity contribution in [2.45, 2.75) is 33.0 Å². The molecular formula is C8H16N4O. The lowest BCUT2D eigenvalue weighted by atomic mass is 10.3. The number of nitrogen functional groups attached to an aromatic ring is 1. The summed E-state index contributed by atoms with van der Waals surface area (Å²) in [5, 5.41) is 7.69. The van der Waals surface area contributed by atoms with Crippen molar-refractivity contribution in [3.8, 4) is 0 Å². The van der Waals surface area contributed by atoms with Crippen LogP contribution in [0.5, 0.6) is 0 Å². The van der Waals surface area contributed by atoms with E-state index in [0.717, 1.165) is 5.82 Å². The molecule has 1 atom stereocenters. The molecule has 0 aromatic carbocycles. The third-order valence-corrected chi connectivity index (χ3v) is 1.78. The van der Waals surface area contributed by atoms with E-state index in [1.54, 1.807) is 4.57 Å². The van der Waals surface area contributed by atoms with E-state index >= 15 is 0 Å². The fourth-order valence-electron chi connectivity index (χ4n) is 1.18. The van der Waals surface area contributed by atoms with Crippen molar-refractivity contribution in [3.05, 3.63) is 5.82 Å². The molecular weight excluding hydrogens is 168 g/mol. The predicted octanol–water partition coefficient (Wildman–Crippen LogP) is 0.883. The van der Waals surface area contributed by atoms with Gasteiger partial charge >= 0.3 is 0 Å². The molecule has 0 radical (unpaired) electrons. The zero-order valence-corrected chi connectivity index (χ0v) is 8.48. The molecule has 1 rings (SSSR count). The van der Waals surface area contributed by atoms with E-state index in [-0.39, 0.29) is 12.2 Å². The van der Waals surface area contributed by atoms with Crippen LogP contribution in [0.25, 0.3) is 0 Å². The van der Waals surface area contributed by atoms with Gasteiger partial charge in [0.05, 0.1) is 6.10 Å². The summed E-state index contributed by atoms with van der Waals surface area (Å²) >= 11 is 0. The molecule has 0 unspecified atom stereocenters. The van der Waals surface area contributed by atoms with Crippen LogP contribution < -0.4 is 5.73 Å². The highest BCUT2D eigenvalue weighted by molar-refractivity contribution is 5.17. The van der Waals surface area contributed by atoms with Crippen molar-refractivity contribution in [2.75, 3.05) is 5.73 Å². The molecule has 0 amide bonds. The summed E-state index contributed by atoms with van der Waals surface area (Å²) < 4.78 is 7.28. The monoisotopic (exact) mass is 184 g/mol. The molecule has 13 heavy (non-hydrogen) atoms. The van der Waals surface area contributed by atoms with Gasteiger partial charge in [-0.05, 0) is 20.8 Å². The Morgan fingerprint density at radius 3 is 2.31 bits per heavy atom. The molecule has 74 valence electrons. The van der Waals surface area contributed by atoms with Crippen LogP contribution in [0, 0.1) is 0 Å². The van der Waals surface area contributed by atoms with Gasteiger partial charge in [0.25, 0.3) is 0 Å². The Labute approximate surface area is 77.9 Å². The van der Waals surface area contributed by atoms with Crippen molar-refractivity contribution in [3.63, 3.8) is 0 Å². The lowest BCUT2D eigenvalue weighted by molar-refractivity contribution is 0.0113. The zero-order valence-electron chi connectivity index (χ0n) is 8.48. The Bertz CT molecular complexity index is 282. The molecule has 0 saturated heterocycles. The normalized spacial score (nSPS) is 13.6. The number of nitrogens with zero attached hydrogens (tertiary/aromatic N) is 3. The van der Waals surface area contributed by atoms with Gasteiger partial charge in [0.1, 0.15) is 6.10 Å². The molecule has 5 nitrogen and oxygen atoms in total. The van der Waals surface area contributed by atoms with E-state index in [1.807, 2.05) is 27.8 Å². The minimum absolute atomic E-state index is 0.0743. The quantitative estimate of drug-likeness (QED) is 0.757. The summed E-state index contributed by atoms with van der Waals surface area (Å²) in [5.41, 5.74) is 5.54. The SMILES string of the molecule is CC(C)O[C@@H](C)c1nnc(N)n1C. The molecule has 0 bridgehead atoms. The lowest BCUT2D eigenvalue weighted by Crippen LogP contribution is -2.12. The molecule has 1 aromatic heterocycles. The molecule has 2 N–H and O–H groups in total. The fourth-order valence-corrected chi connectivity index (χ4v) is 1.18. The molecule has 1 aromatic rings. The standard InChI is InChI=1S/C8H16N4O/c1-5(2)13-6(3)7-10-11-8(9)12(7)4/h5-6H,1-4H3,(H2,9,11)/t6-/m0/s1. The van der Waals surface area contributed by atoms with E-state index in [1.165, 1.54) is 0 Å². The maximum atomic E-state index is 5.55. The molecule has 5 heteroatoms. The smallest absolute Gasteiger partial charge is 0.221 e. The number of nitrogens with two attached hydrogens (primary N) is 1. The number of hydrogen-bond acceptors (Lipinski definition) is 4. The van der Waals surface area contributed by atoms with Crippen LogP contribution in [0.4, 0.5) is 5.95 Å². The Hall–Kier alpha value is -1.10. The molecule has 0 saturated carbocycles. The Balaban J connectivity index is 2.76. The Kier molecular flexibility index (Phi) is 2.87. The van der Waals surface area contributed by atoms with Crippen molar-refractivity contribution < 1.29 is 4.74 Å². The van der Waals surface area contributed by atoms with Gasteiger partial charge in [0.15, 0.2) is 5.82 Å². The van der Waals surface area contributed by atoms with Crippen LogP contribution in [0.1, 0.15) is 32.7 Å². The second kappa shape index (κ2) is 3.74. The van der Waals surface area contributed by atoms with Crippen LogP contribution in [0.3, 0.4) is 0 Å². The van der Waals surface area contributed by atoms with Crippen molar-refractivity contribution >= 4 is 5.95 Å². The van der Waals surface area contributed by atoms with E-state index in [4.69, 9.17) is 10.5 Å². The summed E-state index contributed by atoms with van der Waals surface area (Å²) in [6, 6.07) is 0. The number of aromatic nitrogens is 3. The fraction of sp³-hybridized carbons (Fsp3) is 0.750. The molecule has 0 aliphatic heterocycles. The van der Waals surface area contributed by atoms with Gasteiger partial charge in [-0.15, -0.1) is 10.2 Å². The molecule has 0 aliphatic carbocycles. The van der Waals surface area contributed by atoms with Gasteiger partial charge in [0.2, 0.25) is 5.95 Å². The topological polar surface area (TPSA) is 66.0 Å². The average Bonchev–Trinajstić information content (AvgIpc) is 2.31. The van der Waals surface area contributed by atoms with Crippen molar-refractivity contribution in [1.29, 1.82) is 0 Å². The first-order valence-corrected chi connectivity index (χ1v) is 4.32. The maximum absolute atomic E-state index is 5.55.